The summed E-state index contributed by atoms with van der Waals surface area (Å²) in [7, 11) is 3.24. The van der Waals surface area contributed by atoms with Gasteiger partial charge in [0.05, 0.1) is 39.1 Å². The summed E-state index contributed by atoms with van der Waals surface area (Å²) in [6.45, 7) is 0. The van der Waals surface area contributed by atoms with Crippen LogP contribution >= 0.6 is 0 Å². The highest BCUT2D eigenvalue weighted by Crippen LogP contribution is 2.70. The number of aliphatic carboxylic acids is 1. The lowest BCUT2D eigenvalue weighted by Crippen LogP contribution is -2.63. The van der Waals surface area contributed by atoms with Gasteiger partial charge >= 0.3 is 11.9 Å². The minimum absolute atomic E-state index is 0.0299. The second-order valence-corrected chi connectivity index (χ2v) is 14.0. The number of carbonyl (C=O) groups excluding carboxylic acids is 2. The van der Waals surface area contributed by atoms with E-state index in [1.54, 1.807) is 14.2 Å². The van der Waals surface area contributed by atoms with Crippen LogP contribution in [0.3, 0.4) is 0 Å². The van der Waals surface area contributed by atoms with Crippen LogP contribution in [0, 0.1) is 17.8 Å². The number of hydrogen-bond donors (Lipinski definition) is 1. The van der Waals surface area contributed by atoms with Gasteiger partial charge in [0.15, 0.2) is 11.7 Å². The largest absolute Gasteiger partial charge is 0.497 e. The van der Waals surface area contributed by atoms with E-state index in [4.69, 9.17) is 23.7 Å². The molecule has 4 heterocycles. The lowest BCUT2D eigenvalue weighted by Gasteiger charge is -2.48. The SMILES string of the molecule is COc1ccc(C2(c3ccc(OC)cc3)OC3(c4ccccc42)C(OC(=O)CCC(=O)O)C2OC3C3C4CC4N(c4ccccc4)C(=O)C23)cc1. The Morgan fingerprint density at radius 3 is 2.04 bits per heavy atom. The molecule has 1 N–H and O–H groups in total. The summed E-state index contributed by atoms with van der Waals surface area (Å²) >= 11 is 0. The van der Waals surface area contributed by atoms with Crippen LogP contribution in [0.5, 0.6) is 11.5 Å². The van der Waals surface area contributed by atoms with Gasteiger partial charge in [0.1, 0.15) is 23.2 Å². The van der Waals surface area contributed by atoms with Gasteiger partial charge in [-0.25, -0.2) is 0 Å². The minimum atomic E-state index is -1.32. The standard InChI is InChI=1S/C41H37NO9/c1-47-26-16-12-23(13-17-26)40(24-14-18-27(48-2)19-15-24)29-10-6-7-11-30(29)41(51-40)37-34-28-22-31(28)42(25-8-4-3-5-9-25)39(46)35(34)36(50-37)38(41)49-33(45)21-20-32(43)44/h3-19,28,31,34-38H,20-22H2,1-2H3,(H,43,44). The molecule has 260 valence electrons. The number of fused-ring (bicyclic) bond motifs is 10. The molecule has 4 fully saturated rings. The zero-order chi connectivity index (χ0) is 35.1. The molecule has 51 heavy (non-hydrogen) atoms. The van der Waals surface area contributed by atoms with Gasteiger partial charge in [-0.2, -0.15) is 0 Å². The van der Waals surface area contributed by atoms with Crippen LogP contribution in [-0.4, -0.2) is 61.5 Å². The molecule has 1 amide bonds. The Morgan fingerprint density at radius 2 is 1.43 bits per heavy atom. The fourth-order valence-corrected chi connectivity index (χ4v) is 9.47. The predicted molar refractivity (Wildman–Crippen MR) is 183 cm³/mol. The van der Waals surface area contributed by atoms with Gasteiger partial charge < -0.3 is 33.7 Å². The normalized spacial score (nSPS) is 30.4. The average molecular weight is 688 g/mol. The first kappa shape index (κ1) is 31.8. The molecule has 8 atom stereocenters. The fourth-order valence-electron chi connectivity index (χ4n) is 9.47. The number of piperidine rings is 1. The number of carbonyl (C=O) groups is 3. The highest BCUT2D eigenvalue weighted by atomic mass is 16.6. The number of nitrogens with zero attached hydrogens (tertiary/aromatic N) is 1. The number of hydrogen-bond acceptors (Lipinski definition) is 8. The molecule has 0 aromatic heterocycles. The van der Waals surface area contributed by atoms with Crippen LogP contribution < -0.4 is 14.4 Å². The Hall–Kier alpha value is -5.19. The van der Waals surface area contributed by atoms with Crippen LogP contribution in [0.1, 0.15) is 41.5 Å². The number of para-hydroxylation sites is 1. The van der Waals surface area contributed by atoms with Crippen LogP contribution in [0.2, 0.25) is 0 Å². The number of esters is 1. The van der Waals surface area contributed by atoms with Crippen LogP contribution in [-0.2, 0) is 39.8 Å². The molecule has 4 aromatic carbocycles. The van der Waals surface area contributed by atoms with E-state index in [0.29, 0.717) is 11.5 Å². The number of carboxylic acids is 1. The van der Waals surface area contributed by atoms with E-state index >= 15 is 0 Å². The minimum Gasteiger partial charge on any atom is -0.497 e. The van der Waals surface area contributed by atoms with Crippen molar-refractivity contribution in [3.05, 3.63) is 125 Å². The Labute approximate surface area is 294 Å². The van der Waals surface area contributed by atoms with Gasteiger partial charge in [-0.05, 0) is 71.0 Å². The zero-order valence-corrected chi connectivity index (χ0v) is 28.1. The molecule has 9 rings (SSSR count). The topological polar surface area (TPSA) is 121 Å². The maximum Gasteiger partial charge on any atom is 0.306 e. The van der Waals surface area contributed by atoms with E-state index in [2.05, 4.69) is 0 Å². The molecule has 4 aromatic rings. The van der Waals surface area contributed by atoms with Crippen LogP contribution in [0.4, 0.5) is 5.69 Å². The third kappa shape index (κ3) is 4.52. The van der Waals surface area contributed by atoms with Crippen molar-refractivity contribution in [1.82, 2.24) is 0 Å². The Bertz CT molecular complexity index is 1970. The van der Waals surface area contributed by atoms with E-state index < -0.39 is 47.4 Å². The van der Waals surface area contributed by atoms with Crippen molar-refractivity contribution >= 4 is 23.5 Å². The quantitative estimate of drug-likeness (QED) is 0.229. The molecule has 10 nitrogen and oxygen atoms in total. The summed E-state index contributed by atoms with van der Waals surface area (Å²) in [6.07, 6.45) is -2.36. The van der Waals surface area contributed by atoms with Crippen molar-refractivity contribution in [3.63, 3.8) is 0 Å². The Kier molecular flexibility index (Phi) is 7.28. The van der Waals surface area contributed by atoms with Crippen molar-refractivity contribution in [2.45, 2.75) is 54.8 Å². The van der Waals surface area contributed by atoms with Crippen molar-refractivity contribution in [3.8, 4) is 11.5 Å². The summed E-state index contributed by atoms with van der Waals surface area (Å²) in [5.74, 6) is -1.07. The van der Waals surface area contributed by atoms with Crippen LogP contribution in [0.25, 0.3) is 0 Å². The number of rotatable bonds is 9. The van der Waals surface area contributed by atoms with Gasteiger partial charge in [0, 0.05) is 17.6 Å². The maximum absolute atomic E-state index is 14.6. The van der Waals surface area contributed by atoms with Gasteiger partial charge in [-0.3, -0.25) is 14.4 Å². The molecule has 1 aliphatic carbocycles. The third-order valence-electron chi connectivity index (χ3n) is 11.6. The summed E-state index contributed by atoms with van der Waals surface area (Å²) in [5, 5.41) is 9.39. The van der Waals surface area contributed by atoms with Gasteiger partial charge in [0.25, 0.3) is 0 Å². The van der Waals surface area contributed by atoms with E-state index in [-0.39, 0.29) is 36.6 Å². The second-order valence-electron chi connectivity index (χ2n) is 14.0. The lowest BCUT2D eigenvalue weighted by atomic mass is 9.64. The van der Waals surface area contributed by atoms with Crippen LogP contribution in [0.15, 0.2) is 103 Å². The molecule has 4 aliphatic heterocycles. The number of benzene rings is 4. The zero-order valence-electron chi connectivity index (χ0n) is 28.1. The first-order valence-electron chi connectivity index (χ1n) is 17.4. The van der Waals surface area contributed by atoms with E-state index in [9.17, 15) is 19.5 Å². The Balaban J connectivity index is 1.22. The first-order valence-corrected chi connectivity index (χ1v) is 17.4. The van der Waals surface area contributed by atoms with Crippen molar-refractivity contribution in [2.75, 3.05) is 19.1 Å². The molecule has 5 aliphatic rings. The summed E-state index contributed by atoms with van der Waals surface area (Å²) in [5.41, 5.74) is 1.65. The smallest absolute Gasteiger partial charge is 0.306 e. The molecular formula is C41H37NO9. The highest BCUT2D eigenvalue weighted by molar-refractivity contribution is 5.99. The molecule has 1 saturated carbocycles. The second kappa shape index (κ2) is 11.7. The van der Waals surface area contributed by atoms with Crippen molar-refractivity contribution in [1.29, 1.82) is 0 Å². The fraction of sp³-hybridized carbons (Fsp3) is 0.341. The monoisotopic (exact) mass is 687 g/mol. The van der Waals surface area contributed by atoms with E-state index in [1.807, 2.05) is 108 Å². The summed E-state index contributed by atoms with van der Waals surface area (Å²) in [4.78, 5) is 41.5. The van der Waals surface area contributed by atoms with Crippen molar-refractivity contribution in [2.24, 2.45) is 17.8 Å². The number of methoxy groups -OCH3 is 2. The van der Waals surface area contributed by atoms with Gasteiger partial charge in [-0.15, -0.1) is 0 Å². The van der Waals surface area contributed by atoms with Gasteiger partial charge in [-0.1, -0.05) is 66.7 Å². The highest BCUT2D eigenvalue weighted by Gasteiger charge is 2.80. The molecule has 1 spiro atoms. The third-order valence-corrected chi connectivity index (χ3v) is 11.6. The number of amides is 1. The summed E-state index contributed by atoms with van der Waals surface area (Å²) in [6, 6.07) is 33.1. The lowest BCUT2D eigenvalue weighted by molar-refractivity contribution is -0.207. The van der Waals surface area contributed by atoms with E-state index in [0.717, 1.165) is 34.4 Å². The molecule has 2 bridgehead atoms. The molecule has 8 unspecified atom stereocenters. The van der Waals surface area contributed by atoms with E-state index in [1.165, 1.54) is 0 Å². The predicted octanol–water partition coefficient (Wildman–Crippen LogP) is 5.45. The Morgan fingerprint density at radius 1 is 0.824 bits per heavy atom. The molecule has 3 saturated heterocycles. The number of carboxylic acid groups (broad SMARTS) is 1. The number of anilines is 1. The number of ether oxygens (including phenoxy) is 5. The van der Waals surface area contributed by atoms with Gasteiger partial charge in [0.2, 0.25) is 5.91 Å². The molecule has 0 radical (unpaired) electrons. The molecular weight excluding hydrogens is 650 g/mol. The maximum atomic E-state index is 14.6. The average Bonchev–Trinajstić information content (AvgIpc) is 3.63. The first-order chi connectivity index (χ1) is 24.8. The summed E-state index contributed by atoms with van der Waals surface area (Å²) < 4.78 is 32.0. The molecule has 10 heteroatoms. The van der Waals surface area contributed by atoms with Crippen molar-refractivity contribution < 1.29 is 43.2 Å².